The number of nitrogens with zero attached hydrogens (tertiary/aromatic N) is 1. The Kier molecular flexibility index (Phi) is 5.24. The Labute approximate surface area is 148 Å². The molecule has 1 saturated heterocycles. The van der Waals surface area contributed by atoms with E-state index in [1.807, 2.05) is 24.3 Å². The zero-order chi connectivity index (χ0) is 17.8. The van der Waals surface area contributed by atoms with Gasteiger partial charge in [0.1, 0.15) is 11.5 Å². The number of primary amides is 1. The number of benzene rings is 2. The SMILES string of the molecule is COc1ccc(OC)c([C@H]2CCCN2Cc2ccc(C(N)=O)cc2)c1. The minimum absolute atomic E-state index is 0.292. The summed E-state index contributed by atoms with van der Waals surface area (Å²) in [6.07, 6.45) is 2.23. The minimum Gasteiger partial charge on any atom is -0.497 e. The van der Waals surface area contributed by atoms with Crippen LogP contribution >= 0.6 is 0 Å². The average molecular weight is 340 g/mol. The molecule has 0 aromatic heterocycles. The Morgan fingerprint density at radius 2 is 1.92 bits per heavy atom. The molecular formula is C20H24N2O3. The van der Waals surface area contributed by atoms with Crippen LogP contribution in [0.3, 0.4) is 0 Å². The van der Waals surface area contributed by atoms with E-state index in [-0.39, 0.29) is 0 Å². The Hall–Kier alpha value is -2.53. The van der Waals surface area contributed by atoms with Crippen LogP contribution in [0, 0.1) is 0 Å². The lowest BCUT2D eigenvalue weighted by molar-refractivity contribution is 0.100. The summed E-state index contributed by atoms with van der Waals surface area (Å²) in [6.45, 7) is 1.85. The lowest BCUT2D eigenvalue weighted by Crippen LogP contribution is -2.23. The topological polar surface area (TPSA) is 64.8 Å². The third kappa shape index (κ3) is 3.77. The molecule has 2 N–H and O–H groups in total. The Morgan fingerprint density at radius 1 is 1.16 bits per heavy atom. The van der Waals surface area contributed by atoms with E-state index in [0.29, 0.717) is 11.6 Å². The lowest BCUT2D eigenvalue weighted by Gasteiger charge is -2.26. The van der Waals surface area contributed by atoms with Crippen LogP contribution in [0.15, 0.2) is 42.5 Å². The molecule has 0 radical (unpaired) electrons. The molecule has 2 aromatic rings. The molecule has 1 heterocycles. The fourth-order valence-corrected chi connectivity index (χ4v) is 3.48. The molecule has 0 spiro atoms. The number of rotatable bonds is 6. The Bertz CT molecular complexity index is 743. The predicted molar refractivity (Wildman–Crippen MR) is 96.9 cm³/mol. The van der Waals surface area contributed by atoms with Gasteiger partial charge in [-0.25, -0.2) is 0 Å². The molecule has 1 atom stereocenters. The standard InChI is InChI=1S/C20H24N2O3/c1-24-16-9-10-19(25-2)17(12-16)18-4-3-11-22(18)13-14-5-7-15(8-6-14)20(21)23/h5-10,12,18H,3-4,11,13H2,1-2H3,(H2,21,23)/t18-/m1/s1. The zero-order valence-electron chi connectivity index (χ0n) is 14.7. The molecule has 2 aromatic carbocycles. The van der Waals surface area contributed by atoms with E-state index < -0.39 is 5.91 Å². The van der Waals surface area contributed by atoms with Crippen molar-refractivity contribution < 1.29 is 14.3 Å². The number of amides is 1. The van der Waals surface area contributed by atoms with Gasteiger partial charge in [-0.2, -0.15) is 0 Å². The van der Waals surface area contributed by atoms with Crippen molar-refractivity contribution in [2.45, 2.75) is 25.4 Å². The molecule has 1 amide bonds. The van der Waals surface area contributed by atoms with Gasteiger partial charge in [0.2, 0.25) is 5.91 Å². The summed E-state index contributed by atoms with van der Waals surface area (Å²) < 4.78 is 10.9. The van der Waals surface area contributed by atoms with Gasteiger partial charge in [0.15, 0.2) is 0 Å². The highest BCUT2D eigenvalue weighted by Gasteiger charge is 2.28. The molecular weight excluding hydrogens is 316 g/mol. The second kappa shape index (κ2) is 7.57. The normalized spacial score (nSPS) is 17.4. The van der Waals surface area contributed by atoms with Crippen molar-refractivity contribution in [2.24, 2.45) is 5.73 Å². The molecule has 1 aliphatic rings. The number of methoxy groups -OCH3 is 2. The smallest absolute Gasteiger partial charge is 0.248 e. The number of nitrogens with two attached hydrogens (primary N) is 1. The van der Waals surface area contributed by atoms with Gasteiger partial charge in [0, 0.05) is 23.7 Å². The first-order valence-electron chi connectivity index (χ1n) is 8.47. The molecule has 0 saturated carbocycles. The largest absolute Gasteiger partial charge is 0.497 e. The summed E-state index contributed by atoms with van der Waals surface area (Å²) in [6, 6.07) is 13.8. The Balaban J connectivity index is 1.82. The maximum atomic E-state index is 11.2. The molecule has 25 heavy (non-hydrogen) atoms. The monoisotopic (exact) mass is 340 g/mol. The van der Waals surface area contributed by atoms with E-state index in [1.54, 1.807) is 26.4 Å². The van der Waals surface area contributed by atoms with Crippen molar-refractivity contribution in [1.82, 2.24) is 4.90 Å². The summed E-state index contributed by atoms with van der Waals surface area (Å²) >= 11 is 0. The number of hydrogen-bond donors (Lipinski definition) is 1. The van der Waals surface area contributed by atoms with E-state index in [9.17, 15) is 4.79 Å². The van der Waals surface area contributed by atoms with E-state index in [2.05, 4.69) is 11.0 Å². The molecule has 0 bridgehead atoms. The molecule has 1 aliphatic heterocycles. The number of likely N-dealkylation sites (tertiary alicyclic amines) is 1. The van der Waals surface area contributed by atoms with Crippen LogP contribution in [0.2, 0.25) is 0 Å². The first kappa shape index (κ1) is 17.3. The van der Waals surface area contributed by atoms with Crippen molar-refractivity contribution in [2.75, 3.05) is 20.8 Å². The van der Waals surface area contributed by atoms with Gasteiger partial charge >= 0.3 is 0 Å². The van der Waals surface area contributed by atoms with Crippen molar-refractivity contribution in [3.8, 4) is 11.5 Å². The van der Waals surface area contributed by atoms with Gasteiger partial charge < -0.3 is 15.2 Å². The summed E-state index contributed by atoms with van der Waals surface area (Å²) in [5.74, 6) is 1.34. The van der Waals surface area contributed by atoms with E-state index in [0.717, 1.165) is 43.0 Å². The van der Waals surface area contributed by atoms with Gasteiger partial charge in [-0.1, -0.05) is 12.1 Å². The number of carbonyl (C=O) groups excluding carboxylic acids is 1. The average Bonchev–Trinajstić information content (AvgIpc) is 3.09. The molecule has 0 aliphatic carbocycles. The molecule has 5 heteroatoms. The van der Waals surface area contributed by atoms with E-state index in [1.165, 1.54) is 5.56 Å². The van der Waals surface area contributed by atoms with Gasteiger partial charge in [-0.15, -0.1) is 0 Å². The van der Waals surface area contributed by atoms with Crippen LogP contribution in [0.4, 0.5) is 0 Å². The summed E-state index contributed by atoms with van der Waals surface area (Å²) in [5.41, 5.74) is 8.17. The third-order valence-corrected chi connectivity index (χ3v) is 4.78. The maximum absolute atomic E-state index is 11.2. The van der Waals surface area contributed by atoms with Crippen molar-refractivity contribution in [1.29, 1.82) is 0 Å². The fourth-order valence-electron chi connectivity index (χ4n) is 3.48. The summed E-state index contributed by atoms with van der Waals surface area (Å²) in [4.78, 5) is 13.7. The fraction of sp³-hybridized carbons (Fsp3) is 0.350. The van der Waals surface area contributed by atoms with Crippen LogP contribution in [0.1, 0.15) is 40.4 Å². The van der Waals surface area contributed by atoms with Crippen LogP contribution in [0.25, 0.3) is 0 Å². The first-order valence-corrected chi connectivity index (χ1v) is 8.47. The number of ether oxygens (including phenoxy) is 2. The van der Waals surface area contributed by atoms with Crippen LogP contribution < -0.4 is 15.2 Å². The van der Waals surface area contributed by atoms with Crippen LogP contribution in [0.5, 0.6) is 11.5 Å². The third-order valence-electron chi connectivity index (χ3n) is 4.78. The summed E-state index contributed by atoms with van der Waals surface area (Å²) in [7, 11) is 3.38. The first-order chi connectivity index (χ1) is 12.1. The maximum Gasteiger partial charge on any atom is 0.248 e. The quantitative estimate of drug-likeness (QED) is 0.877. The Morgan fingerprint density at radius 3 is 2.56 bits per heavy atom. The molecule has 132 valence electrons. The highest BCUT2D eigenvalue weighted by atomic mass is 16.5. The summed E-state index contributed by atoms with van der Waals surface area (Å²) in [5, 5.41) is 0. The van der Waals surface area contributed by atoms with Crippen LogP contribution in [-0.2, 0) is 6.54 Å². The number of hydrogen-bond acceptors (Lipinski definition) is 4. The van der Waals surface area contributed by atoms with Crippen LogP contribution in [-0.4, -0.2) is 31.6 Å². The second-order valence-electron chi connectivity index (χ2n) is 6.30. The second-order valence-corrected chi connectivity index (χ2v) is 6.30. The van der Waals surface area contributed by atoms with Gasteiger partial charge in [-0.3, -0.25) is 9.69 Å². The lowest BCUT2D eigenvalue weighted by atomic mass is 10.0. The predicted octanol–water partition coefficient (Wildman–Crippen LogP) is 3.14. The minimum atomic E-state index is -0.397. The number of carbonyl (C=O) groups is 1. The van der Waals surface area contributed by atoms with Gasteiger partial charge in [-0.05, 0) is 55.3 Å². The van der Waals surface area contributed by atoms with Gasteiger partial charge in [0.05, 0.1) is 14.2 Å². The molecule has 5 nitrogen and oxygen atoms in total. The van der Waals surface area contributed by atoms with Crippen molar-refractivity contribution >= 4 is 5.91 Å². The molecule has 1 fully saturated rings. The van der Waals surface area contributed by atoms with Gasteiger partial charge in [0.25, 0.3) is 0 Å². The molecule has 0 unspecified atom stereocenters. The molecule has 3 rings (SSSR count). The van der Waals surface area contributed by atoms with E-state index in [4.69, 9.17) is 15.2 Å². The zero-order valence-corrected chi connectivity index (χ0v) is 14.7. The van der Waals surface area contributed by atoms with Crippen molar-refractivity contribution in [3.05, 3.63) is 59.2 Å². The highest BCUT2D eigenvalue weighted by molar-refractivity contribution is 5.92. The van der Waals surface area contributed by atoms with E-state index >= 15 is 0 Å². The van der Waals surface area contributed by atoms with Crippen molar-refractivity contribution in [3.63, 3.8) is 0 Å². The highest BCUT2D eigenvalue weighted by Crippen LogP contribution is 2.39.